The molecule has 0 fully saturated rings. The summed E-state index contributed by atoms with van der Waals surface area (Å²) in [7, 11) is 0. The van der Waals surface area contributed by atoms with E-state index in [1.807, 2.05) is 0 Å². The van der Waals surface area contributed by atoms with Crippen LogP contribution in [0.2, 0.25) is 0 Å². The highest BCUT2D eigenvalue weighted by atomic mass is 19.2. The largest absolute Gasteiger partial charge is 0.370 e. The van der Waals surface area contributed by atoms with E-state index in [4.69, 9.17) is 11.5 Å². The zero-order valence-electron chi connectivity index (χ0n) is 7.34. The lowest BCUT2D eigenvalue weighted by Crippen LogP contribution is -2.20. The first-order valence-corrected chi connectivity index (χ1v) is 3.99. The highest BCUT2D eigenvalue weighted by molar-refractivity contribution is 5.74. The fraction of sp³-hybridized carbons (Fsp3) is 0.222. The molecule has 0 radical (unpaired) electrons. The molecule has 0 aliphatic heterocycles. The van der Waals surface area contributed by atoms with Crippen LogP contribution in [0.3, 0.4) is 0 Å². The van der Waals surface area contributed by atoms with E-state index in [1.165, 1.54) is 6.07 Å². The van der Waals surface area contributed by atoms with Gasteiger partial charge < -0.3 is 11.5 Å². The maximum atomic E-state index is 12.7. The fourth-order valence-electron chi connectivity index (χ4n) is 1.08. The van der Waals surface area contributed by atoms with Crippen LogP contribution >= 0.6 is 0 Å². The predicted molar refractivity (Wildman–Crippen MR) is 47.1 cm³/mol. The maximum absolute atomic E-state index is 12.7. The summed E-state index contributed by atoms with van der Waals surface area (Å²) in [6.45, 7) is 0. The number of rotatable bonds is 3. The van der Waals surface area contributed by atoms with E-state index < -0.39 is 23.6 Å². The predicted octanol–water partition coefficient (Wildman–Crippen LogP) is 0.840. The molecule has 0 saturated carbocycles. The lowest BCUT2D eigenvalue weighted by Gasteiger charge is -2.09. The Kier molecular flexibility index (Phi) is 3.14. The SMILES string of the molecule is NC(=O)C[C@H](N)c1ccc(F)c(F)c1. The van der Waals surface area contributed by atoms with Gasteiger partial charge in [0.25, 0.3) is 0 Å². The summed E-state index contributed by atoms with van der Waals surface area (Å²) < 4.78 is 25.2. The van der Waals surface area contributed by atoms with Gasteiger partial charge in [0, 0.05) is 12.5 Å². The third-order valence-electron chi connectivity index (χ3n) is 1.79. The van der Waals surface area contributed by atoms with Crippen LogP contribution < -0.4 is 11.5 Å². The molecule has 14 heavy (non-hydrogen) atoms. The van der Waals surface area contributed by atoms with Crippen LogP contribution in [0.1, 0.15) is 18.0 Å². The van der Waals surface area contributed by atoms with Gasteiger partial charge in [-0.1, -0.05) is 6.07 Å². The molecule has 76 valence electrons. The van der Waals surface area contributed by atoms with Crippen LogP contribution in [-0.2, 0) is 4.79 Å². The Hall–Kier alpha value is -1.49. The van der Waals surface area contributed by atoms with Gasteiger partial charge in [0.15, 0.2) is 11.6 Å². The Balaban J connectivity index is 2.85. The molecule has 1 aromatic carbocycles. The monoisotopic (exact) mass is 200 g/mol. The summed E-state index contributed by atoms with van der Waals surface area (Å²) in [5.74, 6) is -2.51. The molecular weight excluding hydrogens is 190 g/mol. The highest BCUT2D eigenvalue weighted by Gasteiger charge is 2.11. The molecule has 1 aromatic rings. The van der Waals surface area contributed by atoms with Crippen LogP contribution in [0.4, 0.5) is 8.78 Å². The number of carbonyl (C=O) groups excluding carboxylic acids is 1. The first kappa shape index (κ1) is 10.6. The average Bonchev–Trinajstić information content (AvgIpc) is 2.08. The molecule has 0 bridgehead atoms. The minimum Gasteiger partial charge on any atom is -0.370 e. The molecule has 1 atom stereocenters. The minimum absolute atomic E-state index is 0.0922. The fourth-order valence-corrected chi connectivity index (χ4v) is 1.08. The Labute approximate surface area is 79.7 Å². The van der Waals surface area contributed by atoms with Gasteiger partial charge in [0.1, 0.15) is 0 Å². The number of hydrogen-bond acceptors (Lipinski definition) is 2. The number of benzene rings is 1. The summed E-state index contributed by atoms with van der Waals surface area (Å²) in [5, 5.41) is 0. The van der Waals surface area contributed by atoms with Crippen molar-refractivity contribution in [3.63, 3.8) is 0 Å². The average molecular weight is 200 g/mol. The van der Waals surface area contributed by atoms with Crippen molar-refractivity contribution in [2.75, 3.05) is 0 Å². The lowest BCUT2D eigenvalue weighted by atomic mass is 10.0. The van der Waals surface area contributed by atoms with Crippen molar-refractivity contribution in [3.8, 4) is 0 Å². The summed E-state index contributed by atoms with van der Waals surface area (Å²) in [4.78, 5) is 10.5. The van der Waals surface area contributed by atoms with Crippen LogP contribution in [0.5, 0.6) is 0 Å². The number of hydrogen-bond donors (Lipinski definition) is 2. The summed E-state index contributed by atoms with van der Waals surface area (Å²) in [5.41, 5.74) is 10.8. The van der Waals surface area contributed by atoms with Crippen LogP contribution in [0.25, 0.3) is 0 Å². The quantitative estimate of drug-likeness (QED) is 0.759. The molecule has 0 unspecified atom stereocenters. The van der Waals surface area contributed by atoms with Gasteiger partial charge in [0.2, 0.25) is 5.91 Å². The first-order valence-electron chi connectivity index (χ1n) is 3.99. The third kappa shape index (κ3) is 2.50. The molecule has 4 N–H and O–H groups in total. The van der Waals surface area contributed by atoms with Crippen LogP contribution in [0, 0.1) is 11.6 Å². The van der Waals surface area contributed by atoms with Crippen molar-refractivity contribution < 1.29 is 13.6 Å². The van der Waals surface area contributed by atoms with Gasteiger partial charge in [-0.25, -0.2) is 8.78 Å². The number of primary amides is 1. The maximum Gasteiger partial charge on any atom is 0.219 e. The van der Waals surface area contributed by atoms with Crippen molar-refractivity contribution in [1.29, 1.82) is 0 Å². The van der Waals surface area contributed by atoms with Crippen LogP contribution in [0.15, 0.2) is 18.2 Å². The van der Waals surface area contributed by atoms with Crippen molar-refractivity contribution in [3.05, 3.63) is 35.4 Å². The van der Waals surface area contributed by atoms with Crippen molar-refractivity contribution >= 4 is 5.91 Å². The number of carbonyl (C=O) groups is 1. The second-order valence-corrected chi connectivity index (χ2v) is 2.95. The third-order valence-corrected chi connectivity index (χ3v) is 1.79. The highest BCUT2D eigenvalue weighted by Crippen LogP contribution is 2.16. The normalized spacial score (nSPS) is 12.5. The zero-order chi connectivity index (χ0) is 10.7. The standard InChI is InChI=1S/C9H10F2N2O/c10-6-2-1-5(3-7(6)11)8(12)4-9(13)14/h1-3,8H,4,12H2,(H2,13,14)/t8-/m0/s1. The van der Waals surface area contributed by atoms with Gasteiger partial charge in [-0.3, -0.25) is 4.79 Å². The van der Waals surface area contributed by atoms with E-state index in [1.54, 1.807) is 0 Å². The Morgan fingerprint density at radius 3 is 2.50 bits per heavy atom. The van der Waals surface area contributed by atoms with Crippen molar-refractivity contribution in [2.45, 2.75) is 12.5 Å². The second kappa shape index (κ2) is 4.15. The van der Waals surface area contributed by atoms with Gasteiger partial charge >= 0.3 is 0 Å². The minimum atomic E-state index is -0.984. The number of amides is 1. The molecule has 0 heterocycles. The molecule has 5 heteroatoms. The molecule has 1 amide bonds. The van der Waals surface area contributed by atoms with E-state index in [2.05, 4.69) is 0 Å². The van der Waals surface area contributed by atoms with E-state index in [9.17, 15) is 13.6 Å². The molecule has 0 saturated heterocycles. The number of nitrogens with two attached hydrogens (primary N) is 2. The first-order chi connectivity index (χ1) is 6.50. The second-order valence-electron chi connectivity index (χ2n) is 2.95. The molecular formula is C9H10F2N2O. The van der Waals surface area contributed by atoms with Crippen molar-refractivity contribution in [2.24, 2.45) is 11.5 Å². The summed E-state index contributed by atoms with van der Waals surface area (Å²) in [6, 6.07) is 2.56. The van der Waals surface area contributed by atoms with Gasteiger partial charge in [-0.05, 0) is 17.7 Å². The van der Waals surface area contributed by atoms with E-state index in [-0.39, 0.29) is 6.42 Å². The Morgan fingerprint density at radius 2 is 2.00 bits per heavy atom. The van der Waals surface area contributed by atoms with Crippen LogP contribution in [-0.4, -0.2) is 5.91 Å². The molecule has 0 aromatic heterocycles. The number of halogens is 2. The lowest BCUT2D eigenvalue weighted by molar-refractivity contribution is -0.118. The van der Waals surface area contributed by atoms with E-state index in [0.717, 1.165) is 12.1 Å². The molecule has 1 rings (SSSR count). The summed E-state index contributed by atoms with van der Waals surface area (Å²) >= 11 is 0. The summed E-state index contributed by atoms with van der Waals surface area (Å²) in [6.07, 6.45) is -0.0922. The molecule has 0 aliphatic rings. The van der Waals surface area contributed by atoms with Crippen molar-refractivity contribution in [1.82, 2.24) is 0 Å². The van der Waals surface area contributed by atoms with E-state index >= 15 is 0 Å². The zero-order valence-corrected chi connectivity index (χ0v) is 7.34. The van der Waals surface area contributed by atoms with Gasteiger partial charge in [-0.2, -0.15) is 0 Å². The topological polar surface area (TPSA) is 69.1 Å². The van der Waals surface area contributed by atoms with Gasteiger partial charge in [0.05, 0.1) is 0 Å². The Bertz CT molecular complexity index is 355. The van der Waals surface area contributed by atoms with Gasteiger partial charge in [-0.15, -0.1) is 0 Å². The molecule has 0 aliphatic carbocycles. The molecule has 0 spiro atoms. The van der Waals surface area contributed by atoms with E-state index in [0.29, 0.717) is 5.56 Å². The molecule has 3 nitrogen and oxygen atoms in total. The Morgan fingerprint density at radius 1 is 1.36 bits per heavy atom. The smallest absolute Gasteiger partial charge is 0.219 e.